The summed E-state index contributed by atoms with van der Waals surface area (Å²) < 4.78 is 12.9. The van der Waals surface area contributed by atoms with Crippen LogP contribution in [0, 0.1) is 11.7 Å². The Bertz CT molecular complexity index is 469. The van der Waals surface area contributed by atoms with E-state index in [2.05, 4.69) is 0 Å². The highest BCUT2D eigenvalue weighted by Gasteiger charge is 2.31. The molecule has 2 N–H and O–H groups in total. The molecule has 0 radical (unpaired) electrons. The standard InChI is InChI=1S/C16H22FNO3/c1-2-14(16(20)21)18-9-7-12(8-10-18)15(19)11-3-5-13(17)6-4-11/h3-6,12,14-15,19H,2,7-10H2,1H3,(H,20,21)/t14-,15+/m1/s1. The highest BCUT2D eigenvalue weighted by Crippen LogP contribution is 2.31. The minimum absolute atomic E-state index is 0.0954. The molecule has 5 heteroatoms. The number of piperidine rings is 1. The number of aliphatic hydroxyl groups is 1. The van der Waals surface area contributed by atoms with Crippen LogP contribution in [-0.2, 0) is 4.79 Å². The first-order chi connectivity index (χ1) is 10.0. The number of aliphatic hydroxyl groups excluding tert-OH is 1. The van der Waals surface area contributed by atoms with Crippen molar-refractivity contribution in [2.45, 2.75) is 38.3 Å². The van der Waals surface area contributed by atoms with Crippen LogP contribution in [0.4, 0.5) is 4.39 Å². The van der Waals surface area contributed by atoms with Gasteiger partial charge in [-0.3, -0.25) is 9.69 Å². The van der Waals surface area contributed by atoms with E-state index in [-0.39, 0.29) is 11.7 Å². The van der Waals surface area contributed by atoms with Crippen LogP contribution >= 0.6 is 0 Å². The van der Waals surface area contributed by atoms with Gasteiger partial charge in [0, 0.05) is 0 Å². The summed E-state index contributed by atoms with van der Waals surface area (Å²) in [6.45, 7) is 3.22. The SMILES string of the molecule is CC[C@H](C(=O)O)N1CCC([C@@H](O)c2ccc(F)cc2)CC1. The number of hydrogen-bond acceptors (Lipinski definition) is 3. The van der Waals surface area contributed by atoms with Crippen LogP contribution in [-0.4, -0.2) is 40.2 Å². The monoisotopic (exact) mass is 295 g/mol. The van der Waals surface area contributed by atoms with Gasteiger partial charge in [-0.15, -0.1) is 0 Å². The van der Waals surface area contributed by atoms with E-state index in [0.29, 0.717) is 19.5 Å². The Morgan fingerprint density at radius 2 is 1.90 bits per heavy atom. The molecule has 0 aliphatic carbocycles. The van der Waals surface area contributed by atoms with Gasteiger partial charge in [0.15, 0.2) is 0 Å². The summed E-state index contributed by atoms with van der Waals surface area (Å²) in [5, 5.41) is 19.5. The van der Waals surface area contributed by atoms with E-state index >= 15 is 0 Å². The number of carboxylic acids is 1. The molecule has 0 unspecified atom stereocenters. The maximum Gasteiger partial charge on any atom is 0.320 e. The number of carboxylic acid groups (broad SMARTS) is 1. The van der Waals surface area contributed by atoms with Crippen molar-refractivity contribution in [1.29, 1.82) is 0 Å². The predicted octanol–water partition coefficient (Wildman–Crippen LogP) is 2.43. The molecule has 0 aromatic heterocycles. The number of rotatable bonds is 5. The lowest BCUT2D eigenvalue weighted by Crippen LogP contribution is -2.46. The molecule has 1 aromatic carbocycles. The normalized spacial score (nSPS) is 20.1. The Hall–Kier alpha value is -1.46. The van der Waals surface area contributed by atoms with Crippen molar-refractivity contribution in [3.8, 4) is 0 Å². The molecule has 1 aromatic rings. The Morgan fingerprint density at radius 3 is 2.38 bits per heavy atom. The Morgan fingerprint density at radius 1 is 1.33 bits per heavy atom. The molecule has 0 spiro atoms. The summed E-state index contributed by atoms with van der Waals surface area (Å²) in [5.74, 6) is -0.999. The molecule has 4 nitrogen and oxygen atoms in total. The van der Waals surface area contributed by atoms with Gasteiger partial charge in [0.25, 0.3) is 0 Å². The minimum atomic E-state index is -0.782. The van der Waals surface area contributed by atoms with E-state index in [0.717, 1.165) is 18.4 Å². The first kappa shape index (κ1) is 15.9. The predicted molar refractivity (Wildman–Crippen MR) is 77.4 cm³/mol. The molecule has 0 saturated carbocycles. The van der Waals surface area contributed by atoms with Crippen molar-refractivity contribution in [3.05, 3.63) is 35.6 Å². The zero-order chi connectivity index (χ0) is 15.4. The van der Waals surface area contributed by atoms with Crippen molar-refractivity contribution in [1.82, 2.24) is 4.90 Å². The third kappa shape index (κ3) is 3.80. The van der Waals surface area contributed by atoms with Crippen LogP contribution in [0.1, 0.15) is 37.9 Å². The van der Waals surface area contributed by atoms with Gasteiger partial charge in [0.05, 0.1) is 6.10 Å². The largest absolute Gasteiger partial charge is 0.480 e. The highest BCUT2D eigenvalue weighted by atomic mass is 19.1. The van der Waals surface area contributed by atoms with Crippen molar-refractivity contribution in [3.63, 3.8) is 0 Å². The number of nitrogens with zero attached hydrogens (tertiary/aromatic N) is 1. The van der Waals surface area contributed by atoms with Gasteiger partial charge >= 0.3 is 5.97 Å². The fraction of sp³-hybridized carbons (Fsp3) is 0.562. The molecule has 1 aliphatic heterocycles. The lowest BCUT2D eigenvalue weighted by atomic mass is 9.87. The molecule has 116 valence electrons. The third-order valence-electron chi connectivity index (χ3n) is 4.34. The second-order valence-electron chi connectivity index (χ2n) is 5.63. The summed E-state index contributed by atoms with van der Waals surface area (Å²) >= 11 is 0. The van der Waals surface area contributed by atoms with Crippen molar-refractivity contribution in [2.75, 3.05) is 13.1 Å². The lowest BCUT2D eigenvalue weighted by Gasteiger charge is -2.37. The molecular weight excluding hydrogens is 273 g/mol. The summed E-state index contributed by atoms with van der Waals surface area (Å²) in [4.78, 5) is 13.1. The summed E-state index contributed by atoms with van der Waals surface area (Å²) in [5.41, 5.74) is 0.722. The zero-order valence-corrected chi connectivity index (χ0v) is 12.2. The maximum atomic E-state index is 12.9. The molecule has 0 bridgehead atoms. The van der Waals surface area contributed by atoms with Crippen LogP contribution in [0.25, 0.3) is 0 Å². The van der Waals surface area contributed by atoms with Crippen LogP contribution in [0.15, 0.2) is 24.3 Å². The maximum absolute atomic E-state index is 12.9. The molecule has 21 heavy (non-hydrogen) atoms. The molecule has 1 saturated heterocycles. The average Bonchev–Trinajstić information content (AvgIpc) is 2.48. The molecule has 1 fully saturated rings. The van der Waals surface area contributed by atoms with E-state index in [9.17, 15) is 19.4 Å². The summed E-state index contributed by atoms with van der Waals surface area (Å²) in [7, 11) is 0. The molecule has 0 amide bonds. The number of benzene rings is 1. The van der Waals surface area contributed by atoms with Gasteiger partial charge in [-0.2, -0.15) is 0 Å². The number of halogens is 1. The topological polar surface area (TPSA) is 60.8 Å². The Kier molecular flexibility index (Phi) is 5.31. The van der Waals surface area contributed by atoms with Gasteiger partial charge < -0.3 is 10.2 Å². The number of hydrogen-bond donors (Lipinski definition) is 2. The fourth-order valence-corrected chi connectivity index (χ4v) is 3.07. The van der Waals surface area contributed by atoms with Crippen molar-refractivity contribution < 1.29 is 19.4 Å². The second kappa shape index (κ2) is 7.00. The first-order valence-electron chi connectivity index (χ1n) is 7.43. The van der Waals surface area contributed by atoms with Gasteiger partial charge in [-0.25, -0.2) is 4.39 Å². The fourth-order valence-electron chi connectivity index (χ4n) is 3.07. The summed E-state index contributed by atoms with van der Waals surface area (Å²) in [6.07, 6.45) is 1.48. The number of aliphatic carboxylic acids is 1. The molecular formula is C16H22FNO3. The number of carbonyl (C=O) groups is 1. The minimum Gasteiger partial charge on any atom is -0.480 e. The smallest absolute Gasteiger partial charge is 0.320 e. The lowest BCUT2D eigenvalue weighted by molar-refractivity contribution is -0.144. The molecule has 1 aliphatic rings. The van der Waals surface area contributed by atoms with Crippen LogP contribution in [0.5, 0.6) is 0 Å². The average molecular weight is 295 g/mol. The van der Waals surface area contributed by atoms with Crippen molar-refractivity contribution >= 4 is 5.97 Å². The second-order valence-corrected chi connectivity index (χ2v) is 5.63. The van der Waals surface area contributed by atoms with Crippen LogP contribution in [0.2, 0.25) is 0 Å². The summed E-state index contributed by atoms with van der Waals surface area (Å²) in [6, 6.07) is 5.49. The highest BCUT2D eigenvalue weighted by molar-refractivity contribution is 5.73. The first-order valence-corrected chi connectivity index (χ1v) is 7.43. The van der Waals surface area contributed by atoms with Gasteiger partial charge in [-0.1, -0.05) is 19.1 Å². The molecule has 1 heterocycles. The van der Waals surface area contributed by atoms with Crippen LogP contribution < -0.4 is 0 Å². The number of likely N-dealkylation sites (tertiary alicyclic amines) is 1. The van der Waals surface area contributed by atoms with Gasteiger partial charge in [-0.05, 0) is 56.0 Å². The zero-order valence-electron chi connectivity index (χ0n) is 12.2. The van der Waals surface area contributed by atoms with E-state index in [1.807, 2.05) is 11.8 Å². The molecule has 2 rings (SSSR count). The van der Waals surface area contributed by atoms with Crippen molar-refractivity contribution in [2.24, 2.45) is 5.92 Å². The Labute approximate surface area is 124 Å². The van der Waals surface area contributed by atoms with Crippen LogP contribution in [0.3, 0.4) is 0 Å². The van der Waals surface area contributed by atoms with E-state index < -0.39 is 18.1 Å². The quantitative estimate of drug-likeness (QED) is 0.876. The molecule has 2 atom stereocenters. The van der Waals surface area contributed by atoms with Gasteiger partial charge in [0.2, 0.25) is 0 Å². The van der Waals surface area contributed by atoms with Gasteiger partial charge in [0.1, 0.15) is 11.9 Å². The van der Waals surface area contributed by atoms with E-state index in [4.69, 9.17) is 0 Å². The Balaban J connectivity index is 1.94. The third-order valence-corrected chi connectivity index (χ3v) is 4.34. The van der Waals surface area contributed by atoms with E-state index in [1.165, 1.54) is 12.1 Å². The van der Waals surface area contributed by atoms with E-state index in [1.54, 1.807) is 12.1 Å².